The van der Waals surface area contributed by atoms with Gasteiger partial charge in [-0.3, -0.25) is 5.32 Å². The molecule has 150 valence electrons. The molecule has 2 aromatic rings. The van der Waals surface area contributed by atoms with Gasteiger partial charge in [-0.2, -0.15) is 0 Å². The number of cyclic esters (lactones) is 1. The number of phenols is 1. The standard InChI is InChI=1S/C20H23NO6S/c1-20(2)17-13-15(7-10-18(17)21-19(23)27-20)26-11-3-4-12-28(24,25)16-8-5-14(22)6-9-16/h5-10,13,22H,3-4,11-12H2,1-2H3,(H,21,23). The van der Waals surface area contributed by atoms with E-state index in [1.54, 1.807) is 12.1 Å². The van der Waals surface area contributed by atoms with Crippen LogP contribution in [0.3, 0.4) is 0 Å². The summed E-state index contributed by atoms with van der Waals surface area (Å²) >= 11 is 0. The first-order valence-corrected chi connectivity index (χ1v) is 10.6. The Morgan fingerprint density at radius 1 is 1.11 bits per heavy atom. The molecule has 0 unspecified atom stereocenters. The first kappa shape index (κ1) is 20.0. The molecule has 1 aliphatic rings. The van der Waals surface area contributed by atoms with E-state index in [-0.39, 0.29) is 16.4 Å². The number of hydrogen-bond acceptors (Lipinski definition) is 6. The molecule has 1 amide bonds. The molecule has 0 fully saturated rings. The summed E-state index contributed by atoms with van der Waals surface area (Å²) in [4.78, 5) is 11.7. The summed E-state index contributed by atoms with van der Waals surface area (Å²) in [5.41, 5.74) is 0.753. The van der Waals surface area contributed by atoms with Gasteiger partial charge in [0.1, 0.15) is 17.1 Å². The lowest BCUT2D eigenvalue weighted by Crippen LogP contribution is -2.34. The van der Waals surface area contributed by atoms with Gasteiger partial charge < -0.3 is 14.6 Å². The summed E-state index contributed by atoms with van der Waals surface area (Å²) in [5, 5.41) is 11.9. The molecule has 1 aliphatic heterocycles. The van der Waals surface area contributed by atoms with Gasteiger partial charge in [0, 0.05) is 5.56 Å². The van der Waals surface area contributed by atoms with Crippen molar-refractivity contribution in [1.82, 2.24) is 0 Å². The molecule has 0 atom stereocenters. The van der Waals surface area contributed by atoms with E-state index < -0.39 is 21.5 Å². The van der Waals surface area contributed by atoms with Gasteiger partial charge in [-0.25, -0.2) is 13.2 Å². The highest BCUT2D eigenvalue weighted by atomic mass is 32.2. The van der Waals surface area contributed by atoms with Crippen LogP contribution in [0.1, 0.15) is 32.3 Å². The van der Waals surface area contributed by atoms with Crippen LogP contribution in [0.4, 0.5) is 10.5 Å². The second-order valence-corrected chi connectivity index (χ2v) is 9.21. The monoisotopic (exact) mass is 405 g/mol. The SMILES string of the molecule is CC1(C)OC(=O)Nc2ccc(OCCCCS(=O)(=O)c3ccc(O)cc3)cc21. The van der Waals surface area contributed by atoms with Crippen LogP contribution in [-0.2, 0) is 20.2 Å². The smallest absolute Gasteiger partial charge is 0.412 e. The number of phenolic OH excluding ortho intramolecular Hbond substituents is 1. The maximum Gasteiger partial charge on any atom is 0.412 e. The lowest BCUT2D eigenvalue weighted by atomic mass is 9.94. The fourth-order valence-electron chi connectivity index (χ4n) is 3.00. The fraction of sp³-hybridized carbons (Fsp3) is 0.350. The van der Waals surface area contributed by atoms with Crippen LogP contribution in [0.15, 0.2) is 47.4 Å². The summed E-state index contributed by atoms with van der Waals surface area (Å²) in [6.45, 7) is 3.99. The normalized spacial score (nSPS) is 15.3. The number of ether oxygens (including phenoxy) is 2. The molecule has 0 saturated heterocycles. The number of carbonyl (C=O) groups excluding carboxylic acids is 1. The molecular formula is C20H23NO6S. The van der Waals surface area contributed by atoms with E-state index in [2.05, 4.69) is 5.32 Å². The fourth-order valence-corrected chi connectivity index (χ4v) is 4.37. The number of rotatable bonds is 7. The van der Waals surface area contributed by atoms with Crippen molar-refractivity contribution in [3.8, 4) is 11.5 Å². The number of amides is 1. The van der Waals surface area contributed by atoms with E-state index in [0.29, 0.717) is 30.9 Å². The Morgan fingerprint density at radius 3 is 2.54 bits per heavy atom. The van der Waals surface area contributed by atoms with Crippen LogP contribution in [0.2, 0.25) is 0 Å². The Balaban J connectivity index is 1.52. The third-order valence-electron chi connectivity index (χ3n) is 4.50. The predicted molar refractivity (Wildman–Crippen MR) is 104 cm³/mol. The summed E-state index contributed by atoms with van der Waals surface area (Å²) in [5.74, 6) is 0.677. The minimum Gasteiger partial charge on any atom is -0.508 e. The van der Waals surface area contributed by atoms with Crippen LogP contribution in [0.5, 0.6) is 11.5 Å². The van der Waals surface area contributed by atoms with Crippen LogP contribution in [0.25, 0.3) is 0 Å². The van der Waals surface area contributed by atoms with E-state index in [1.807, 2.05) is 19.9 Å². The van der Waals surface area contributed by atoms with E-state index in [1.165, 1.54) is 24.3 Å². The average Bonchev–Trinajstić information content (AvgIpc) is 2.61. The Kier molecular flexibility index (Phi) is 5.51. The Bertz CT molecular complexity index is 967. The van der Waals surface area contributed by atoms with Gasteiger partial charge >= 0.3 is 6.09 Å². The number of hydrogen-bond donors (Lipinski definition) is 2. The first-order chi connectivity index (χ1) is 13.2. The summed E-state index contributed by atoms with van der Waals surface area (Å²) < 4.78 is 35.6. The third kappa shape index (κ3) is 4.56. The molecule has 2 N–H and O–H groups in total. The number of fused-ring (bicyclic) bond motifs is 1. The molecule has 0 radical (unpaired) electrons. The maximum absolute atomic E-state index is 12.3. The zero-order chi connectivity index (χ0) is 20.4. The lowest BCUT2D eigenvalue weighted by molar-refractivity contribution is 0.0418. The molecule has 0 bridgehead atoms. The van der Waals surface area contributed by atoms with Gasteiger partial charge in [-0.1, -0.05) is 0 Å². The molecule has 0 aliphatic carbocycles. The summed E-state index contributed by atoms with van der Waals surface area (Å²) in [6, 6.07) is 10.9. The molecular weight excluding hydrogens is 382 g/mol. The molecule has 28 heavy (non-hydrogen) atoms. The van der Waals surface area contributed by atoms with Gasteiger partial charge in [-0.15, -0.1) is 0 Å². The topological polar surface area (TPSA) is 102 Å². The quantitative estimate of drug-likeness (QED) is 0.679. The van der Waals surface area contributed by atoms with Crippen molar-refractivity contribution in [1.29, 1.82) is 0 Å². The van der Waals surface area contributed by atoms with Crippen molar-refractivity contribution in [2.75, 3.05) is 17.7 Å². The van der Waals surface area contributed by atoms with Crippen LogP contribution >= 0.6 is 0 Å². The number of nitrogens with one attached hydrogen (secondary N) is 1. The number of aromatic hydroxyl groups is 1. The van der Waals surface area contributed by atoms with Crippen molar-refractivity contribution < 1.29 is 27.8 Å². The number of anilines is 1. The number of benzene rings is 2. The largest absolute Gasteiger partial charge is 0.508 e. The van der Waals surface area contributed by atoms with Gasteiger partial charge in [0.2, 0.25) is 0 Å². The van der Waals surface area contributed by atoms with Crippen molar-refractivity contribution in [3.05, 3.63) is 48.0 Å². The Labute approximate surface area is 164 Å². The lowest BCUT2D eigenvalue weighted by Gasteiger charge is -2.32. The molecule has 1 heterocycles. The molecule has 7 nitrogen and oxygen atoms in total. The second-order valence-electron chi connectivity index (χ2n) is 7.10. The van der Waals surface area contributed by atoms with Gasteiger partial charge in [0.05, 0.1) is 22.9 Å². The predicted octanol–water partition coefficient (Wildman–Crippen LogP) is 3.82. The second kappa shape index (κ2) is 7.71. The minimum absolute atomic E-state index is 0.0121. The summed E-state index contributed by atoms with van der Waals surface area (Å²) in [7, 11) is -3.38. The minimum atomic E-state index is -3.38. The Morgan fingerprint density at radius 2 is 1.82 bits per heavy atom. The highest BCUT2D eigenvalue weighted by Gasteiger charge is 2.33. The van der Waals surface area contributed by atoms with Gasteiger partial charge in [0.15, 0.2) is 9.84 Å². The molecule has 0 aromatic heterocycles. The molecule has 3 rings (SSSR count). The molecule has 2 aromatic carbocycles. The van der Waals surface area contributed by atoms with Crippen molar-refractivity contribution in [3.63, 3.8) is 0 Å². The zero-order valence-corrected chi connectivity index (χ0v) is 16.6. The van der Waals surface area contributed by atoms with Crippen LogP contribution < -0.4 is 10.1 Å². The van der Waals surface area contributed by atoms with Crippen molar-refractivity contribution >= 4 is 21.6 Å². The summed E-state index contributed by atoms with van der Waals surface area (Å²) in [6.07, 6.45) is 0.546. The van der Waals surface area contributed by atoms with Gasteiger partial charge in [0.25, 0.3) is 0 Å². The molecule has 0 spiro atoms. The average molecular weight is 405 g/mol. The molecule has 8 heteroatoms. The van der Waals surface area contributed by atoms with Crippen LogP contribution in [0, 0.1) is 0 Å². The first-order valence-electron chi connectivity index (χ1n) is 8.96. The highest BCUT2D eigenvalue weighted by Crippen LogP contribution is 2.37. The third-order valence-corrected chi connectivity index (χ3v) is 6.31. The van der Waals surface area contributed by atoms with Crippen LogP contribution in [-0.4, -0.2) is 32.0 Å². The molecule has 0 saturated carbocycles. The van der Waals surface area contributed by atoms with E-state index in [4.69, 9.17) is 9.47 Å². The van der Waals surface area contributed by atoms with Crippen molar-refractivity contribution in [2.45, 2.75) is 37.2 Å². The Hall–Kier alpha value is -2.74. The van der Waals surface area contributed by atoms with Gasteiger partial charge in [-0.05, 0) is 69.2 Å². The number of unbranched alkanes of at least 4 members (excludes halogenated alkanes) is 1. The number of sulfone groups is 1. The van der Waals surface area contributed by atoms with E-state index in [0.717, 1.165) is 5.56 Å². The van der Waals surface area contributed by atoms with E-state index in [9.17, 15) is 18.3 Å². The van der Waals surface area contributed by atoms with Crippen molar-refractivity contribution in [2.24, 2.45) is 0 Å². The maximum atomic E-state index is 12.3. The van der Waals surface area contributed by atoms with E-state index >= 15 is 0 Å². The number of carbonyl (C=O) groups is 1. The zero-order valence-electron chi connectivity index (χ0n) is 15.8. The highest BCUT2D eigenvalue weighted by molar-refractivity contribution is 7.91.